The highest BCUT2D eigenvalue weighted by Crippen LogP contribution is 2.38. The van der Waals surface area contributed by atoms with Crippen molar-refractivity contribution in [3.05, 3.63) is 29.8 Å². The van der Waals surface area contributed by atoms with Crippen molar-refractivity contribution in [2.24, 2.45) is 16.1 Å². The first-order valence-electron chi connectivity index (χ1n) is 10.1. The minimum Gasteiger partial charge on any atom is -0.484 e. The fourth-order valence-corrected chi connectivity index (χ4v) is 3.65. The van der Waals surface area contributed by atoms with E-state index in [0.29, 0.717) is 24.8 Å². The van der Waals surface area contributed by atoms with Gasteiger partial charge in [-0.3, -0.25) is 9.59 Å². The number of nitrogens with one attached hydrogen (secondary N) is 2. The van der Waals surface area contributed by atoms with Gasteiger partial charge in [-0.1, -0.05) is 25.0 Å². The number of guanidine groups is 1. The first-order valence-corrected chi connectivity index (χ1v) is 10.1. The number of primary amides is 1. The largest absolute Gasteiger partial charge is 0.484 e. The number of halogens is 1. The van der Waals surface area contributed by atoms with E-state index in [2.05, 4.69) is 15.6 Å². The third kappa shape index (κ3) is 7.66. The Labute approximate surface area is 196 Å². The molecule has 0 spiro atoms. The van der Waals surface area contributed by atoms with Crippen LogP contribution in [0.4, 0.5) is 0 Å². The summed E-state index contributed by atoms with van der Waals surface area (Å²) >= 11 is 0. The Balaban J connectivity index is 0.00000450. The van der Waals surface area contributed by atoms with Crippen LogP contribution in [0.15, 0.2) is 29.3 Å². The minimum atomic E-state index is -0.514. The first-order chi connectivity index (χ1) is 13.9. The number of carbonyl (C=O) groups is 2. The van der Waals surface area contributed by atoms with Crippen molar-refractivity contribution in [2.75, 3.05) is 33.8 Å². The summed E-state index contributed by atoms with van der Waals surface area (Å²) in [6, 6.07) is 7.41. The average molecular weight is 531 g/mol. The van der Waals surface area contributed by atoms with Gasteiger partial charge in [-0.15, -0.1) is 24.0 Å². The summed E-state index contributed by atoms with van der Waals surface area (Å²) in [6.07, 6.45) is 3.95. The summed E-state index contributed by atoms with van der Waals surface area (Å²) in [5, 5.41) is 6.60. The Morgan fingerprint density at radius 1 is 1.23 bits per heavy atom. The molecule has 30 heavy (non-hydrogen) atoms. The van der Waals surface area contributed by atoms with Gasteiger partial charge in [0.2, 0.25) is 5.91 Å². The van der Waals surface area contributed by atoms with Crippen LogP contribution in [0.1, 0.15) is 38.2 Å². The molecule has 0 atom stereocenters. The van der Waals surface area contributed by atoms with Gasteiger partial charge in [-0.2, -0.15) is 0 Å². The summed E-state index contributed by atoms with van der Waals surface area (Å²) in [6.45, 7) is 3.59. The highest BCUT2D eigenvalue weighted by Gasteiger charge is 2.42. The van der Waals surface area contributed by atoms with Crippen LogP contribution in [0.25, 0.3) is 0 Å². The number of amides is 2. The summed E-state index contributed by atoms with van der Waals surface area (Å²) in [5.74, 6) is 0.919. The highest BCUT2D eigenvalue weighted by molar-refractivity contribution is 14.0. The summed E-state index contributed by atoms with van der Waals surface area (Å²) in [5.41, 5.74) is 5.71. The zero-order chi connectivity index (χ0) is 21.3. The number of ether oxygens (including phenoxy) is 1. The lowest BCUT2D eigenvalue weighted by Crippen LogP contribution is -2.49. The molecule has 0 unspecified atom stereocenters. The Morgan fingerprint density at radius 3 is 2.53 bits per heavy atom. The second kappa shape index (κ2) is 12.6. The molecule has 0 saturated heterocycles. The smallest absolute Gasteiger partial charge is 0.255 e. The lowest BCUT2D eigenvalue weighted by Gasteiger charge is -2.31. The molecule has 1 fully saturated rings. The van der Waals surface area contributed by atoms with Crippen LogP contribution in [0.2, 0.25) is 0 Å². The standard InChI is InChI=1S/C21H33N5O3.HI/c1-4-23-20(25-15-21(10-5-6-11-21)19(28)26(2)3)24-13-16-8-7-9-17(12-16)29-14-18(22)27;/h7-9,12H,4-6,10-11,13-15H2,1-3H3,(H2,22,27)(H2,23,24,25);1H. The third-order valence-corrected chi connectivity index (χ3v) is 5.06. The van der Waals surface area contributed by atoms with E-state index in [1.807, 2.05) is 39.2 Å². The Kier molecular flexibility index (Phi) is 10.9. The van der Waals surface area contributed by atoms with Gasteiger partial charge < -0.3 is 26.0 Å². The monoisotopic (exact) mass is 531 g/mol. The summed E-state index contributed by atoms with van der Waals surface area (Å²) in [4.78, 5) is 29.9. The minimum absolute atomic E-state index is 0. The van der Waals surface area contributed by atoms with E-state index in [1.165, 1.54) is 0 Å². The second-order valence-corrected chi connectivity index (χ2v) is 7.64. The zero-order valence-corrected chi connectivity index (χ0v) is 20.4. The van der Waals surface area contributed by atoms with Gasteiger partial charge in [0.25, 0.3) is 5.91 Å². The van der Waals surface area contributed by atoms with Gasteiger partial charge in [-0.25, -0.2) is 4.99 Å². The molecule has 0 radical (unpaired) electrons. The second-order valence-electron chi connectivity index (χ2n) is 7.64. The lowest BCUT2D eigenvalue weighted by atomic mass is 9.84. The average Bonchev–Trinajstić information content (AvgIpc) is 3.18. The van der Waals surface area contributed by atoms with Gasteiger partial charge in [-0.05, 0) is 37.5 Å². The van der Waals surface area contributed by atoms with Gasteiger partial charge >= 0.3 is 0 Å². The van der Waals surface area contributed by atoms with Gasteiger partial charge in [0.05, 0.1) is 12.0 Å². The van der Waals surface area contributed by atoms with Crippen molar-refractivity contribution in [3.63, 3.8) is 0 Å². The maximum Gasteiger partial charge on any atom is 0.255 e. The van der Waals surface area contributed by atoms with Crippen LogP contribution in [-0.2, 0) is 16.1 Å². The van der Waals surface area contributed by atoms with Crippen molar-refractivity contribution < 1.29 is 14.3 Å². The molecule has 0 aromatic heterocycles. The van der Waals surface area contributed by atoms with Gasteiger partial charge in [0, 0.05) is 27.2 Å². The number of hydrogen-bond donors (Lipinski definition) is 3. The number of rotatable bonds is 9. The van der Waals surface area contributed by atoms with Crippen molar-refractivity contribution in [1.82, 2.24) is 15.5 Å². The van der Waals surface area contributed by atoms with E-state index < -0.39 is 5.91 Å². The number of carbonyl (C=O) groups excluding carboxylic acids is 2. The van der Waals surface area contributed by atoms with Crippen LogP contribution < -0.4 is 21.1 Å². The molecular weight excluding hydrogens is 497 g/mol. The molecule has 8 nitrogen and oxygen atoms in total. The predicted octanol–water partition coefficient (Wildman–Crippen LogP) is 1.87. The maximum absolute atomic E-state index is 12.7. The summed E-state index contributed by atoms with van der Waals surface area (Å²) < 4.78 is 5.34. The van der Waals surface area contributed by atoms with Crippen LogP contribution in [0.3, 0.4) is 0 Å². The summed E-state index contributed by atoms with van der Waals surface area (Å²) in [7, 11) is 3.63. The van der Waals surface area contributed by atoms with E-state index in [0.717, 1.165) is 37.8 Å². The fraction of sp³-hybridized carbons (Fsp3) is 0.571. The molecular formula is C21H34IN5O3. The number of nitrogens with zero attached hydrogens (tertiary/aromatic N) is 2. The molecule has 1 aliphatic carbocycles. The molecule has 168 valence electrons. The number of nitrogens with two attached hydrogens (primary N) is 1. The zero-order valence-electron chi connectivity index (χ0n) is 18.1. The van der Waals surface area contributed by atoms with Gasteiger partial charge in [0.1, 0.15) is 5.75 Å². The SMILES string of the molecule is CCNC(=NCc1cccc(OCC(N)=O)c1)NCC1(C(=O)N(C)C)CCCC1.I. The maximum atomic E-state index is 12.7. The molecule has 2 amide bonds. The van der Waals surface area contributed by atoms with Crippen LogP contribution in [-0.4, -0.2) is 56.5 Å². The molecule has 1 saturated carbocycles. The van der Waals surface area contributed by atoms with Crippen molar-refractivity contribution >= 4 is 41.8 Å². The Morgan fingerprint density at radius 2 is 1.93 bits per heavy atom. The fourth-order valence-electron chi connectivity index (χ4n) is 3.65. The Hall–Kier alpha value is -2.04. The van der Waals surface area contributed by atoms with Crippen molar-refractivity contribution in [1.29, 1.82) is 0 Å². The third-order valence-electron chi connectivity index (χ3n) is 5.06. The molecule has 2 rings (SSSR count). The molecule has 1 aromatic rings. The van der Waals surface area contributed by atoms with E-state index in [-0.39, 0.29) is 41.9 Å². The molecule has 0 aliphatic heterocycles. The highest BCUT2D eigenvalue weighted by atomic mass is 127. The van der Waals surface area contributed by atoms with E-state index >= 15 is 0 Å². The Bertz CT molecular complexity index is 733. The molecule has 0 bridgehead atoms. The predicted molar refractivity (Wildman–Crippen MR) is 129 cm³/mol. The molecule has 4 N–H and O–H groups in total. The molecule has 9 heteroatoms. The molecule has 0 heterocycles. The number of hydrogen-bond acceptors (Lipinski definition) is 4. The van der Waals surface area contributed by atoms with E-state index in [4.69, 9.17) is 10.5 Å². The first kappa shape index (κ1) is 26.0. The van der Waals surface area contributed by atoms with Crippen LogP contribution in [0, 0.1) is 5.41 Å². The van der Waals surface area contributed by atoms with Crippen molar-refractivity contribution in [2.45, 2.75) is 39.2 Å². The topological polar surface area (TPSA) is 109 Å². The normalized spacial score (nSPS) is 15.1. The number of benzene rings is 1. The van der Waals surface area contributed by atoms with E-state index in [1.54, 1.807) is 11.0 Å². The quantitative estimate of drug-likeness (QED) is 0.256. The van der Waals surface area contributed by atoms with Crippen LogP contribution in [0.5, 0.6) is 5.75 Å². The van der Waals surface area contributed by atoms with Crippen molar-refractivity contribution in [3.8, 4) is 5.75 Å². The van der Waals surface area contributed by atoms with E-state index in [9.17, 15) is 9.59 Å². The lowest BCUT2D eigenvalue weighted by molar-refractivity contribution is -0.138. The molecule has 1 aromatic carbocycles. The number of aliphatic imine (C=N–C) groups is 1. The molecule has 1 aliphatic rings. The van der Waals surface area contributed by atoms with Gasteiger partial charge in [0.15, 0.2) is 12.6 Å². The van der Waals surface area contributed by atoms with Crippen LogP contribution >= 0.6 is 24.0 Å².